The highest BCUT2D eigenvalue weighted by molar-refractivity contribution is 7.90. The summed E-state index contributed by atoms with van der Waals surface area (Å²) in [4.78, 5) is 54.4. The molecule has 0 saturated carbocycles. The van der Waals surface area contributed by atoms with Gasteiger partial charge in [-0.3, -0.25) is 23.5 Å². The molecular weight excluding hydrogens is 741 g/mol. The van der Waals surface area contributed by atoms with E-state index < -0.39 is 68.1 Å². The maximum Gasteiger partial charge on any atom is 0.333 e. The Morgan fingerprint density at radius 3 is 2.25 bits per heavy atom. The Morgan fingerprint density at radius 2 is 1.70 bits per heavy atom. The van der Waals surface area contributed by atoms with Crippen molar-refractivity contribution in [2.24, 2.45) is 11.5 Å². The maximum absolute atomic E-state index is 14.3. The maximum atomic E-state index is 14.3. The fourth-order valence-electron chi connectivity index (χ4n) is 6.37. The summed E-state index contributed by atoms with van der Waals surface area (Å²) in [5.41, 5.74) is 9.08. The highest BCUT2D eigenvalue weighted by Gasteiger charge is 2.67. The van der Waals surface area contributed by atoms with Gasteiger partial charge in [-0.25, -0.2) is 8.98 Å². The van der Waals surface area contributed by atoms with E-state index in [1.807, 2.05) is 33.9 Å². The van der Waals surface area contributed by atoms with E-state index in [0.717, 1.165) is 9.98 Å². The van der Waals surface area contributed by atoms with Gasteiger partial charge < -0.3 is 35.3 Å². The molecule has 5 N–H and O–H groups in total. The number of hydrogen-bond donors (Lipinski definition) is 3. The van der Waals surface area contributed by atoms with Crippen LogP contribution >= 0.6 is 0 Å². The first kappa shape index (κ1) is 43.1. The summed E-state index contributed by atoms with van der Waals surface area (Å²) in [5.74, 6) is -0.621. The summed E-state index contributed by atoms with van der Waals surface area (Å²) < 4.78 is 54.7. The molecule has 0 aliphatic carbocycles. The summed E-state index contributed by atoms with van der Waals surface area (Å²) in [6, 6.07) is -0.619. The Hall–Kier alpha value is -2.66. The van der Waals surface area contributed by atoms with Crippen LogP contribution < -0.4 is 28.0 Å². The number of aromatic nitrogens is 2. The normalized spacial score (nSPS) is 26.3. The second-order valence-corrected chi connectivity index (χ2v) is 28.3. The number of aryl methyl sites for hydroxylation is 1. The van der Waals surface area contributed by atoms with Crippen molar-refractivity contribution in [2.45, 2.75) is 141 Å². The van der Waals surface area contributed by atoms with Crippen LogP contribution in [0.4, 0.5) is 0 Å². The smallest absolute Gasteiger partial charge is 0.333 e. The largest absolute Gasteiger partial charge is 0.414 e. The van der Waals surface area contributed by atoms with Gasteiger partial charge in [0.05, 0.1) is 24.3 Å². The lowest BCUT2D eigenvalue weighted by Crippen LogP contribution is -2.59. The molecule has 1 spiro atoms. The average molecular weight is 801 g/mol. The second-order valence-electron chi connectivity index (χ2n) is 17.4. The zero-order valence-electron chi connectivity index (χ0n) is 33.1. The minimum atomic E-state index is -4.28. The van der Waals surface area contributed by atoms with E-state index in [9.17, 15) is 27.6 Å². The molecular formula is C34H60N6O10SSi2. The van der Waals surface area contributed by atoms with E-state index in [-0.39, 0.29) is 65.8 Å². The van der Waals surface area contributed by atoms with Gasteiger partial charge in [0.15, 0.2) is 28.5 Å². The Bertz CT molecular complexity index is 1830. The number of likely N-dealkylation sites (tertiary alicyclic amines) is 1. The van der Waals surface area contributed by atoms with Crippen molar-refractivity contribution in [2.75, 3.05) is 26.2 Å². The third-order valence-electron chi connectivity index (χ3n) is 11.6. The van der Waals surface area contributed by atoms with E-state index in [2.05, 4.69) is 39.2 Å². The summed E-state index contributed by atoms with van der Waals surface area (Å²) in [7, 11) is -9.49. The topological polar surface area (TPSA) is 217 Å². The van der Waals surface area contributed by atoms with Crippen molar-refractivity contribution < 1.29 is 35.8 Å². The number of nitrogens with two attached hydrogens (primary N) is 2. The average Bonchev–Trinajstić information content (AvgIpc) is 3.70. The Kier molecular flexibility index (Phi) is 12.3. The lowest BCUT2D eigenvalue weighted by Gasteiger charge is -2.43. The molecule has 2 saturated heterocycles. The molecule has 0 unspecified atom stereocenters. The molecule has 2 fully saturated rings. The number of hydrogen-bond acceptors (Lipinski definition) is 12. The van der Waals surface area contributed by atoms with E-state index in [4.69, 9.17) is 29.2 Å². The van der Waals surface area contributed by atoms with Crippen molar-refractivity contribution >= 4 is 38.6 Å². The number of nitrogens with one attached hydrogen (secondary N) is 1. The van der Waals surface area contributed by atoms with Crippen LogP contribution in [-0.2, 0) is 44.0 Å². The lowest BCUT2D eigenvalue weighted by atomic mass is 9.89. The number of carbonyl (C=O) groups is 2. The number of carbonyl (C=O) groups excluding carboxylic acids is 2. The van der Waals surface area contributed by atoms with Crippen LogP contribution in [0, 0.1) is 6.92 Å². The molecule has 3 aliphatic heterocycles. The van der Waals surface area contributed by atoms with Crippen LogP contribution in [0.2, 0.25) is 36.3 Å². The van der Waals surface area contributed by atoms with Gasteiger partial charge in [0.25, 0.3) is 15.7 Å². The van der Waals surface area contributed by atoms with Gasteiger partial charge in [-0.15, -0.1) is 0 Å². The SMILES string of the molecule is Cc1cn([C@@H]2O[C@H](CO[Si](C)(C)C(C)(C)C)[C@@]3(OS(=O)(=O)C=C3N)[C@H]2O[Si](C)(C)C(C)(C)C)c(=O)n(CCCNC(=O)[C@@H]2CCCN2C(=O)CN)c1=O. The molecule has 16 nitrogen and oxygen atoms in total. The number of ether oxygens (including phenoxy) is 1. The summed E-state index contributed by atoms with van der Waals surface area (Å²) in [5, 5.41) is 3.13. The molecule has 53 heavy (non-hydrogen) atoms. The van der Waals surface area contributed by atoms with Crippen molar-refractivity contribution in [3.63, 3.8) is 0 Å². The van der Waals surface area contributed by atoms with Crippen molar-refractivity contribution in [1.29, 1.82) is 0 Å². The number of amides is 2. The van der Waals surface area contributed by atoms with Crippen LogP contribution in [0.3, 0.4) is 0 Å². The van der Waals surface area contributed by atoms with E-state index in [1.54, 1.807) is 6.92 Å². The molecule has 5 atom stereocenters. The molecule has 0 aromatic carbocycles. The highest BCUT2D eigenvalue weighted by Crippen LogP contribution is 2.52. The van der Waals surface area contributed by atoms with Crippen molar-refractivity contribution in [3.05, 3.63) is 43.7 Å². The molecule has 3 aliphatic rings. The zero-order valence-corrected chi connectivity index (χ0v) is 35.9. The second kappa shape index (κ2) is 15.1. The van der Waals surface area contributed by atoms with Gasteiger partial charge in [0.2, 0.25) is 11.8 Å². The lowest BCUT2D eigenvalue weighted by molar-refractivity contribution is -0.137. The van der Waals surface area contributed by atoms with Crippen LogP contribution in [0.5, 0.6) is 0 Å². The van der Waals surface area contributed by atoms with Crippen LogP contribution in [-0.4, -0.2) is 101 Å². The molecule has 300 valence electrons. The van der Waals surface area contributed by atoms with Gasteiger partial charge in [-0.2, -0.15) is 8.42 Å². The first-order valence-electron chi connectivity index (χ1n) is 18.2. The Labute approximate surface area is 314 Å². The molecule has 4 heterocycles. The highest BCUT2D eigenvalue weighted by atomic mass is 32.2. The van der Waals surface area contributed by atoms with Crippen LogP contribution in [0.15, 0.2) is 26.9 Å². The van der Waals surface area contributed by atoms with Crippen molar-refractivity contribution in [1.82, 2.24) is 19.4 Å². The first-order valence-corrected chi connectivity index (χ1v) is 25.5. The first-order chi connectivity index (χ1) is 24.2. The van der Waals surface area contributed by atoms with Gasteiger partial charge >= 0.3 is 5.69 Å². The number of rotatable bonds is 12. The molecule has 0 bridgehead atoms. The van der Waals surface area contributed by atoms with Crippen LogP contribution in [0.25, 0.3) is 0 Å². The molecule has 1 aromatic rings. The molecule has 1 aromatic heterocycles. The van der Waals surface area contributed by atoms with E-state index >= 15 is 0 Å². The van der Waals surface area contributed by atoms with Gasteiger partial charge in [0, 0.05) is 31.4 Å². The monoisotopic (exact) mass is 800 g/mol. The molecule has 19 heteroatoms. The minimum Gasteiger partial charge on any atom is -0.414 e. The summed E-state index contributed by atoms with van der Waals surface area (Å²) in [6.45, 7) is 22.2. The third-order valence-corrected chi connectivity index (χ3v) is 21.6. The molecule has 2 amide bonds. The quantitative estimate of drug-likeness (QED) is 0.157. The summed E-state index contributed by atoms with van der Waals surface area (Å²) in [6.07, 6.45) is -0.814. The Balaban J connectivity index is 1.73. The summed E-state index contributed by atoms with van der Waals surface area (Å²) >= 11 is 0. The minimum absolute atomic E-state index is 0.0494. The zero-order chi connectivity index (χ0) is 40.1. The standard InChI is InChI=1S/C34H60N6O10SSi2/c1-22-19-40(31(44)39(29(22)43)17-13-15-37-28(42)23-14-12-16-38(23)26(41)18-35)30-27(49-53(10,11)33(5,6)7)34(24(36)21-51(45,46)50-34)25(48-30)20-47-52(8,9)32(2,3)4/h19,21,23,25,27,30H,12-18,20,35-36H2,1-11H3,(H,37,42)/t23-,25+,27-,30+,34+/m0/s1. The van der Waals surface area contributed by atoms with Crippen LogP contribution in [0.1, 0.15) is 72.6 Å². The predicted octanol–water partition coefficient (Wildman–Crippen LogP) is 1.98. The van der Waals surface area contributed by atoms with Gasteiger partial charge in [-0.1, -0.05) is 41.5 Å². The van der Waals surface area contributed by atoms with Gasteiger partial charge in [0.1, 0.15) is 18.2 Å². The Morgan fingerprint density at radius 1 is 1.08 bits per heavy atom. The fourth-order valence-corrected chi connectivity index (χ4v) is 9.88. The molecule has 0 radical (unpaired) electrons. The third kappa shape index (κ3) is 8.46. The number of nitrogens with zero attached hydrogens (tertiary/aromatic N) is 3. The van der Waals surface area contributed by atoms with E-state index in [1.165, 1.54) is 15.7 Å². The van der Waals surface area contributed by atoms with E-state index in [0.29, 0.717) is 19.4 Å². The fraction of sp³-hybridized carbons (Fsp3) is 0.765. The molecule has 4 rings (SSSR count). The predicted molar refractivity (Wildman–Crippen MR) is 205 cm³/mol. The van der Waals surface area contributed by atoms with Gasteiger partial charge in [-0.05, 0) is 62.5 Å². The van der Waals surface area contributed by atoms with Crippen molar-refractivity contribution in [3.8, 4) is 0 Å².